The van der Waals surface area contributed by atoms with Crippen LogP contribution in [-0.2, 0) is 34.4 Å². The molecule has 1 aromatic rings. The van der Waals surface area contributed by atoms with Gasteiger partial charge in [0.15, 0.2) is 0 Å². The normalized spacial score (nSPS) is 29.3. The van der Waals surface area contributed by atoms with Gasteiger partial charge in [-0.2, -0.15) is 8.78 Å². The molecule has 0 N–H and O–H groups in total. The van der Waals surface area contributed by atoms with Gasteiger partial charge in [0.05, 0.1) is 4.90 Å². The van der Waals surface area contributed by atoms with Crippen molar-refractivity contribution in [3.05, 3.63) is 36.4 Å². The monoisotopic (exact) mass is 503 g/mol. The van der Waals surface area contributed by atoms with Gasteiger partial charge in [0.2, 0.25) is 0 Å². The van der Waals surface area contributed by atoms with Crippen molar-refractivity contribution in [1.82, 2.24) is 3.71 Å². The molecular formula is C21H23F2NO7S2. The standard InChI is InChI=1S/C21H23F2NO7S2/c1-3-13-4-6-17(7-5-13)32(27,28)24(2)33(29,30)21(22,23)19(26)31-20-10-14-8-15(11-20)18(25)16(9-14)12-20/h3-7,14-16H,1,8-12H2,2H3. The minimum absolute atomic E-state index is 0.0327. The maximum Gasteiger partial charge on any atom is 0.455 e. The van der Waals surface area contributed by atoms with Crippen LogP contribution < -0.4 is 0 Å². The molecule has 8 nitrogen and oxygen atoms in total. The molecular weight excluding hydrogens is 480 g/mol. The second kappa shape index (κ2) is 7.67. The van der Waals surface area contributed by atoms with Crippen molar-refractivity contribution in [1.29, 1.82) is 0 Å². The minimum Gasteiger partial charge on any atom is -0.454 e. The van der Waals surface area contributed by atoms with E-state index < -0.39 is 57.3 Å². The number of carbonyl (C=O) groups excluding carboxylic acids is 2. The lowest BCUT2D eigenvalue weighted by Gasteiger charge is -2.54. The minimum atomic E-state index is -6.00. The van der Waals surface area contributed by atoms with Gasteiger partial charge in [0.1, 0.15) is 11.4 Å². The van der Waals surface area contributed by atoms with Crippen molar-refractivity contribution in [2.24, 2.45) is 17.8 Å². The Bertz CT molecular complexity index is 1210. The number of hydrogen-bond donors (Lipinski definition) is 0. The van der Waals surface area contributed by atoms with E-state index in [1.54, 1.807) is 0 Å². The lowest BCUT2D eigenvalue weighted by Crippen LogP contribution is -2.59. The number of rotatable bonds is 7. The fourth-order valence-corrected chi connectivity index (χ4v) is 8.30. The maximum absolute atomic E-state index is 14.9. The smallest absolute Gasteiger partial charge is 0.454 e. The van der Waals surface area contributed by atoms with E-state index >= 15 is 0 Å². The zero-order valence-corrected chi connectivity index (χ0v) is 19.4. The lowest BCUT2D eigenvalue weighted by atomic mass is 9.53. The van der Waals surface area contributed by atoms with Crippen molar-refractivity contribution >= 4 is 37.9 Å². The number of esters is 1. The molecule has 4 fully saturated rings. The molecule has 5 rings (SSSR count). The van der Waals surface area contributed by atoms with Gasteiger partial charge in [-0.3, -0.25) is 4.79 Å². The molecule has 2 unspecified atom stereocenters. The molecule has 33 heavy (non-hydrogen) atoms. The second-order valence-corrected chi connectivity index (χ2v) is 13.2. The molecule has 4 bridgehead atoms. The molecule has 0 saturated heterocycles. The number of nitrogens with zero attached hydrogens (tertiary/aromatic N) is 1. The number of ketones is 1. The number of Topliss-reactive ketones (excluding diaryl/α,β-unsaturated/α-hetero) is 1. The first kappa shape index (κ1) is 24.0. The highest BCUT2D eigenvalue weighted by atomic mass is 32.3. The first-order valence-electron chi connectivity index (χ1n) is 10.3. The van der Waals surface area contributed by atoms with Crippen LogP contribution in [0.2, 0.25) is 0 Å². The number of sulfonamides is 2. The van der Waals surface area contributed by atoms with Gasteiger partial charge in [-0.1, -0.05) is 28.5 Å². The molecule has 0 amide bonds. The number of carbonyl (C=O) groups is 2. The molecule has 4 aliphatic carbocycles. The number of benzene rings is 1. The van der Waals surface area contributed by atoms with Crippen LogP contribution in [0, 0.1) is 17.8 Å². The van der Waals surface area contributed by atoms with Crippen molar-refractivity contribution in [3.8, 4) is 0 Å². The van der Waals surface area contributed by atoms with Gasteiger partial charge in [0.25, 0.3) is 10.0 Å². The summed E-state index contributed by atoms with van der Waals surface area (Å²) in [5, 5.41) is -5.15. The number of hydrogen-bond acceptors (Lipinski definition) is 7. The first-order valence-corrected chi connectivity index (χ1v) is 13.2. The number of alkyl halides is 2. The summed E-state index contributed by atoms with van der Waals surface area (Å²) in [4.78, 5) is 24.2. The van der Waals surface area contributed by atoms with Crippen LogP contribution in [0.25, 0.3) is 6.08 Å². The summed E-state index contributed by atoms with van der Waals surface area (Å²) in [5.41, 5.74) is -0.805. The van der Waals surface area contributed by atoms with Gasteiger partial charge in [-0.05, 0) is 55.7 Å². The highest BCUT2D eigenvalue weighted by Crippen LogP contribution is 2.56. The van der Waals surface area contributed by atoms with Gasteiger partial charge >= 0.3 is 21.2 Å². The third-order valence-electron chi connectivity index (χ3n) is 6.90. The highest BCUT2D eigenvalue weighted by Gasteiger charge is 2.63. The van der Waals surface area contributed by atoms with Crippen LogP contribution in [0.5, 0.6) is 0 Å². The van der Waals surface area contributed by atoms with Gasteiger partial charge in [-0.15, -0.1) is 0 Å². The van der Waals surface area contributed by atoms with Crippen molar-refractivity contribution in [3.63, 3.8) is 0 Å². The molecule has 0 heterocycles. The van der Waals surface area contributed by atoms with Crippen LogP contribution in [0.1, 0.15) is 37.7 Å². The van der Waals surface area contributed by atoms with Gasteiger partial charge in [-0.25, -0.2) is 21.6 Å². The van der Waals surface area contributed by atoms with E-state index in [0.717, 1.165) is 12.1 Å². The summed E-state index contributed by atoms with van der Waals surface area (Å²) in [7, 11) is -10.5. The van der Waals surface area contributed by atoms with E-state index in [2.05, 4.69) is 6.58 Å². The SMILES string of the molecule is C=Cc1ccc(S(=O)(=O)N(C)S(=O)(=O)C(F)(F)C(=O)OC23CC4CC(C2)C(=O)C(C4)C3)cc1. The van der Waals surface area contributed by atoms with E-state index in [-0.39, 0.29) is 31.0 Å². The lowest BCUT2D eigenvalue weighted by molar-refractivity contribution is -0.201. The molecule has 1 aromatic carbocycles. The van der Waals surface area contributed by atoms with Crippen molar-refractivity contribution in [2.75, 3.05) is 7.05 Å². The topological polar surface area (TPSA) is 115 Å². The van der Waals surface area contributed by atoms with E-state index in [0.29, 0.717) is 25.5 Å². The van der Waals surface area contributed by atoms with Gasteiger partial charge < -0.3 is 4.74 Å². The Morgan fingerprint density at radius 3 is 2.18 bits per heavy atom. The molecule has 0 aromatic heterocycles. The Balaban J connectivity index is 1.58. The summed E-state index contributed by atoms with van der Waals surface area (Å²) in [5.74, 6) is -3.04. The number of ether oxygens (including phenoxy) is 1. The van der Waals surface area contributed by atoms with Gasteiger partial charge in [0, 0.05) is 18.9 Å². The Morgan fingerprint density at radius 1 is 1.12 bits per heavy atom. The zero-order chi connectivity index (χ0) is 24.4. The van der Waals surface area contributed by atoms with Crippen LogP contribution >= 0.6 is 0 Å². The molecule has 0 radical (unpaired) electrons. The van der Waals surface area contributed by atoms with Crippen LogP contribution in [0.15, 0.2) is 35.7 Å². The van der Waals surface area contributed by atoms with Crippen molar-refractivity contribution < 1.29 is 39.9 Å². The first-order chi connectivity index (χ1) is 15.2. The third kappa shape index (κ3) is 3.71. The second-order valence-electron chi connectivity index (χ2n) is 9.00. The van der Waals surface area contributed by atoms with Crippen LogP contribution in [-0.4, -0.2) is 50.2 Å². The molecule has 180 valence electrons. The summed E-state index contributed by atoms with van der Waals surface area (Å²) >= 11 is 0. The third-order valence-corrected chi connectivity index (χ3v) is 11.1. The summed E-state index contributed by atoms with van der Waals surface area (Å²) in [6.07, 6.45) is 3.05. The van der Waals surface area contributed by atoms with Crippen molar-refractivity contribution in [2.45, 2.75) is 47.9 Å². The molecule has 12 heteroatoms. The quantitative estimate of drug-likeness (QED) is 0.525. The summed E-state index contributed by atoms with van der Waals surface area (Å²) in [6, 6.07) is 4.73. The zero-order valence-electron chi connectivity index (χ0n) is 17.7. The predicted molar refractivity (Wildman–Crippen MR) is 113 cm³/mol. The van der Waals surface area contributed by atoms with E-state index in [1.807, 2.05) is 0 Å². The molecule has 4 saturated carbocycles. The largest absolute Gasteiger partial charge is 0.455 e. The van der Waals surface area contributed by atoms with E-state index in [1.165, 1.54) is 18.2 Å². The fraction of sp³-hybridized carbons (Fsp3) is 0.524. The van der Waals surface area contributed by atoms with Crippen LogP contribution in [0.4, 0.5) is 8.78 Å². The Morgan fingerprint density at radius 2 is 1.67 bits per heavy atom. The predicted octanol–water partition coefficient (Wildman–Crippen LogP) is 2.56. The Hall–Kier alpha value is -2.18. The van der Waals surface area contributed by atoms with Crippen LogP contribution in [0.3, 0.4) is 0 Å². The molecule has 0 spiro atoms. The van der Waals surface area contributed by atoms with E-state index in [4.69, 9.17) is 4.74 Å². The number of halogens is 2. The Kier molecular flexibility index (Phi) is 5.57. The fourth-order valence-electron chi connectivity index (χ4n) is 5.38. The average molecular weight is 504 g/mol. The molecule has 4 aliphatic rings. The summed E-state index contributed by atoms with van der Waals surface area (Å²) in [6.45, 7) is 3.50. The highest BCUT2D eigenvalue weighted by molar-refractivity contribution is 8.04. The summed E-state index contributed by atoms with van der Waals surface area (Å²) < 4.78 is 85.0. The molecule has 0 aliphatic heterocycles. The molecule has 2 atom stereocenters. The average Bonchev–Trinajstić information content (AvgIpc) is 2.75. The van der Waals surface area contributed by atoms with E-state index in [9.17, 15) is 35.2 Å². The maximum atomic E-state index is 14.9. The Labute approximate surface area is 190 Å².